The van der Waals surface area contributed by atoms with Gasteiger partial charge in [0.1, 0.15) is 5.52 Å². The van der Waals surface area contributed by atoms with Crippen LogP contribution >= 0.6 is 11.6 Å². The molecule has 0 fully saturated rings. The summed E-state index contributed by atoms with van der Waals surface area (Å²) >= 11 is 6.05. The number of benzene rings is 3. The molecule has 1 heterocycles. The van der Waals surface area contributed by atoms with Crippen LogP contribution in [0.4, 0.5) is 5.69 Å². The molecular formula is C23H19ClN2O5. The Morgan fingerprint density at radius 1 is 0.968 bits per heavy atom. The number of halogens is 1. The van der Waals surface area contributed by atoms with Crippen molar-refractivity contribution >= 4 is 34.3 Å². The van der Waals surface area contributed by atoms with Gasteiger partial charge in [-0.2, -0.15) is 0 Å². The number of nitrogens with one attached hydrogen (secondary N) is 1. The molecule has 3 aromatic carbocycles. The van der Waals surface area contributed by atoms with E-state index in [9.17, 15) is 4.79 Å². The van der Waals surface area contributed by atoms with Gasteiger partial charge < -0.3 is 23.9 Å². The molecule has 0 atom stereocenters. The average Bonchev–Trinajstić information content (AvgIpc) is 3.21. The molecule has 8 heteroatoms. The van der Waals surface area contributed by atoms with Gasteiger partial charge in [0.05, 0.1) is 21.3 Å². The summed E-state index contributed by atoms with van der Waals surface area (Å²) in [5.41, 5.74) is 2.89. The van der Waals surface area contributed by atoms with E-state index in [2.05, 4.69) is 10.3 Å². The first-order valence-electron chi connectivity index (χ1n) is 9.30. The third-order valence-corrected chi connectivity index (χ3v) is 4.88. The van der Waals surface area contributed by atoms with Crippen molar-refractivity contribution < 1.29 is 23.4 Å². The molecule has 0 spiro atoms. The molecule has 158 valence electrons. The molecule has 1 aromatic heterocycles. The molecule has 1 amide bonds. The molecule has 0 aliphatic carbocycles. The molecule has 7 nitrogen and oxygen atoms in total. The number of hydrogen-bond donors (Lipinski definition) is 1. The number of methoxy groups -OCH3 is 3. The summed E-state index contributed by atoms with van der Waals surface area (Å²) in [5, 5.41) is 3.44. The standard InChI is InChI=1S/C23H19ClN2O5/c1-28-19-10-14(11-20(29-2)21(19)30-3)22(27)25-16-7-8-17-18(12-16)31-23(26-17)13-5-4-6-15(24)9-13/h4-12H,1-3H3,(H,25,27). The number of fused-ring (bicyclic) bond motifs is 1. The predicted octanol–water partition coefficient (Wildman–Crippen LogP) is 5.43. The summed E-state index contributed by atoms with van der Waals surface area (Å²) in [5.74, 6) is 1.31. The smallest absolute Gasteiger partial charge is 0.255 e. The molecule has 0 saturated carbocycles. The molecule has 4 rings (SSSR count). The number of carbonyl (C=O) groups is 1. The summed E-state index contributed by atoms with van der Waals surface area (Å²) in [7, 11) is 4.49. The Morgan fingerprint density at radius 3 is 2.35 bits per heavy atom. The lowest BCUT2D eigenvalue weighted by atomic mass is 10.1. The van der Waals surface area contributed by atoms with E-state index in [0.29, 0.717) is 50.5 Å². The van der Waals surface area contributed by atoms with Crippen LogP contribution in [0, 0.1) is 0 Å². The fourth-order valence-electron chi connectivity index (χ4n) is 3.16. The van der Waals surface area contributed by atoms with Crippen LogP contribution in [0.3, 0.4) is 0 Å². The third kappa shape index (κ3) is 4.13. The highest BCUT2D eigenvalue weighted by molar-refractivity contribution is 6.30. The zero-order chi connectivity index (χ0) is 22.0. The minimum Gasteiger partial charge on any atom is -0.493 e. The van der Waals surface area contributed by atoms with Gasteiger partial charge in [-0.1, -0.05) is 17.7 Å². The van der Waals surface area contributed by atoms with Crippen LogP contribution in [0.5, 0.6) is 17.2 Å². The van der Waals surface area contributed by atoms with Gasteiger partial charge in [-0.3, -0.25) is 4.79 Å². The lowest BCUT2D eigenvalue weighted by Gasteiger charge is -2.14. The van der Waals surface area contributed by atoms with E-state index in [4.69, 9.17) is 30.2 Å². The normalized spacial score (nSPS) is 10.7. The lowest BCUT2D eigenvalue weighted by Crippen LogP contribution is -2.12. The number of amides is 1. The van der Waals surface area contributed by atoms with E-state index >= 15 is 0 Å². The number of hydrogen-bond acceptors (Lipinski definition) is 6. The number of nitrogens with zero attached hydrogens (tertiary/aromatic N) is 1. The summed E-state index contributed by atoms with van der Waals surface area (Å²) in [6, 6.07) is 15.7. The Morgan fingerprint density at radius 2 is 1.71 bits per heavy atom. The topological polar surface area (TPSA) is 82.8 Å². The maximum atomic E-state index is 12.8. The van der Waals surface area contributed by atoms with Gasteiger partial charge in [-0.05, 0) is 42.5 Å². The van der Waals surface area contributed by atoms with E-state index < -0.39 is 0 Å². The number of carbonyl (C=O) groups excluding carboxylic acids is 1. The number of anilines is 1. The fourth-order valence-corrected chi connectivity index (χ4v) is 3.35. The number of rotatable bonds is 6. The monoisotopic (exact) mass is 438 g/mol. The zero-order valence-electron chi connectivity index (χ0n) is 17.1. The van der Waals surface area contributed by atoms with Crippen molar-refractivity contribution in [2.24, 2.45) is 0 Å². The molecule has 0 saturated heterocycles. The maximum absolute atomic E-state index is 12.8. The van der Waals surface area contributed by atoms with Crippen LogP contribution in [-0.4, -0.2) is 32.2 Å². The van der Waals surface area contributed by atoms with Gasteiger partial charge in [-0.25, -0.2) is 4.98 Å². The van der Waals surface area contributed by atoms with Crippen molar-refractivity contribution in [3.05, 3.63) is 65.2 Å². The molecule has 0 bridgehead atoms. The molecule has 31 heavy (non-hydrogen) atoms. The minimum absolute atomic E-state index is 0.340. The zero-order valence-corrected chi connectivity index (χ0v) is 17.8. The van der Waals surface area contributed by atoms with Gasteiger partial charge in [0.2, 0.25) is 11.6 Å². The second-order valence-corrected chi connectivity index (χ2v) is 7.02. The van der Waals surface area contributed by atoms with Crippen LogP contribution in [0.15, 0.2) is 59.0 Å². The second-order valence-electron chi connectivity index (χ2n) is 6.58. The largest absolute Gasteiger partial charge is 0.493 e. The molecule has 1 N–H and O–H groups in total. The first-order chi connectivity index (χ1) is 15.0. The maximum Gasteiger partial charge on any atom is 0.255 e. The van der Waals surface area contributed by atoms with Crippen molar-refractivity contribution in [1.29, 1.82) is 0 Å². The molecule has 0 aliphatic rings. The Bertz CT molecular complexity index is 1240. The fraction of sp³-hybridized carbons (Fsp3) is 0.130. The van der Waals surface area contributed by atoms with Crippen molar-refractivity contribution in [3.63, 3.8) is 0 Å². The van der Waals surface area contributed by atoms with Crippen LogP contribution in [0.25, 0.3) is 22.6 Å². The predicted molar refractivity (Wildman–Crippen MR) is 119 cm³/mol. The quantitative estimate of drug-likeness (QED) is 0.432. The highest BCUT2D eigenvalue weighted by Crippen LogP contribution is 2.38. The Hall–Kier alpha value is -3.71. The number of aromatic nitrogens is 1. The third-order valence-electron chi connectivity index (χ3n) is 4.64. The number of oxazole rings is 1. The van der Waals surface area contributed by atoms with E-state index in [1.54, 1.807) is 42.5 Å². The van der Waals surface area contributed by atoms with E-state index in [1.807, 2.05) is 12.1 Å². The second kappa shape index (κ2) is 8.57. The highest BCUT2D eigenvalue weighted by atomic mass is 35.5. The SMILES string of the molecule is COc1cc(C(=O)Nc2ccc3nc(-c4cccc(Cl)c4)oc3c2)cc(OC)c1OC. The van der Waals surface area contributed by atoms with Gasteiger partial charge in [0.15, 0.2) is 17.1 Å². The summed E-state index contributed by atoms with van der Waals surface area (Å²) < 4.78 is 21.8. The van der Waals surface area contributed by atoms with Gasteiger partial charge >= 0.3 is 0 Å². The summed E-state index contributed by atoms with van der Waals surface area (Å²) in [4.78, 5) is 17.3. The summed E-state index contributed by atoms with van der Waals surface area (Å²) in [6.45, 7) is 0. The van der Waals surface area contributed by atoms with Gasteiger partial charge in [0.25, 0.3) is 5.91 Å². The van der Waals surface area contributed by atoms with Gasteiger partial charge in [0, 0.05) is 27.9 Å². The van der Waals surface area contributed by atoms with Crippen LogP contribution in [0.1, 0.15) is 10.4 Å². The van der Waals surface area contributed by atoms with E-state index in [0.717, 1.165) is 5.56 Å². The van der Waals surface area contributed by atoms with E-state index in [1.165, 1.54) is 21.3 Å². The lowest BCUT2D eigenvalue weighted by molar-refractivity contribution is 0.102. The van der Waals surface area contributed by atoms with E-state index in [-0.39, 0.29) is 5.91 Å². The first kappa shape index (κ1) is 20.6. The average molecular weight is 439 g/mol. The molecule has 0 aliphatic heterocycles. The van der Waals surface area contributed by atoms with Crippen LogP contribution in [0.2, 0.25) is 5.02 Å². The van der Waals surface area contributed by atoms with Crippen molar-refractivity contribution in [2.75, 3.05) is 26.6 Å². The highest BCUT2D eigenvalue weighted by Gasteiger charge is 2.17. The van der Waals surface area contributed by atoms with Crippen molar-refractivity contribution in [3.8, 4) is 28.7 Å². The Balaban J connectivity index is 1.62. The Kier molecular flexibility index (Phi) is 5.68. The van der Waals surface area contributed by atoms with Crippen molar-refractivity contribution in [2.45, 2.75) is 0 Å². The molecule has 4 aromatic rings. The molecule has 0 unspecified atom stereocenters. The van der Waals surface area contributed by atoms with Crippen LogP contribution in [-0.2, 0) is 0 Å². The van der Waals surface area contributed by atoms with Crippen molar-refractivity contribution in [1.82, 2.24) is 4.98 Å². The molecule has 0 radical (unpaired) electrons. The number of ether oxygens (including phenoxy) is 3. The van der Waals surface area contributed by atoms with Gasteiger partial charge in [-0.15, -0.1) is 0 Å². The Labute approximate surface area is 183 Å². The first-order valence-corrected chi connectivity index (χ1v) is 9.68. The molecular weight excluding hydrogens is 420 g/mol. The van der Waals surface area contributed by atoms with Crippen LogP contribution < -0.4 is 19.5 Å². The summed E-state index contributed by atoms with van der Waals surface area (Å²) in [6.07, 6.45) is 0. The minimum atomic E-state index is -0.340.